The summed E-state index contributed by atoms with van der Waals surface area (Å²) in [5.74, 6) is 1.13. The Hall–Kier alpha value is -2.77. The van der Waals surface area contributed by atoms with Gasteiger partial charge in [0.05, 0.1) is 19.1 Å². The molecule has 0 unspecified atom stereocenters. The number of aromatic nitrogens is 1. The van der Waals surface area contributed by atoms with Gasteiger partial charge in [0.2, 0.25) is 0 Å². The third-order valence-corrected chi connectivity index (χ3v) is 5.18. The van der Waals surface area contributed by atoms with Crippen LogP contribution in [0, 0.1) is 0 Å². The normalized spacial score (nSPS) is 16.7. The van der Waals surface area contributed by atoms with E-state index in [4.69, 9.17) is 21.1 Å². The molecule has 2 heterocycles. The van der Waals surface area contributed by atoms with E-state index in [9.17, 15) is 4.79 Å². The molecule has 0 atom stereocenters. The summed E-state index contributed by atoms with van der Waals surface area (Å²) in [7, 11) is 3.16. The zero-order valence-electron chi connectivity index (χ0n) is 15.4. The number of nitrogens with zero attached hydrogens (tertiary/aromatic N) is 3. The van der Waals surface area contributed by atoms with Crippen LogP contribution in [0.1, 0.15) is 5.56 Å². The Morgan fingerprint density at radius 3 is 2.82 bits per heavy atom. The van der Waals surface area contributed by atoms with Crippen molar-refractivity contribution in [2.75, 3.05) is 20.8 Å². The van der Waals surface area contributed by atoms with Crippen LogP contribution >= 0.6 is 23.4 Å². The molecular formula is C20H18ClN3O3S. The van der Waals surface area contributed by atoms with Gasteiger partial charge in [0.25, 0.3) is 5.91 Å². The molecule has 1 aromatic heterocycles. The number of benzene rings is 1. The summed E-state index contributed by atoms with van der Waals surface area (Å²) in [5, 5.41) is 0.779. The van der Waals surface area contributed by atoms with Gasteiger partial charge in [-0.1, -0.05) is 17.7 Å². The van der Waals surface area contributed by atoms with Crippen molar-refractivity contribution in [2.24, 2.45) is 4.99 Å². The maximum absolute atomic E-state index is 12.9. The lowest BCUT2D eigenvalue weighted by Crippen LogP contribution is -2.29. The van der Waals surface area contributed by atoms with Crippen LogP contribution < -0.4 is 9.47 Å². The van der Waals surface area contributed by atoms with Crippen LogP contribution in [0.2, 0.25) is 5.15 Å². The largest absolute Gasteiger partial charge is 0.497 e. The Morgan fingerprint density at radius 2 is 2.14 bits per heavy atom. The Kier molecular flexibility index (Phi) is 6.38. The van der Waals surface area contributed by atoms with Crippen LogP contribution in [0.15, 0.2) is 59.1 Å². The van der Waals surface area contributed by atoms with E-state index in [1.807, 2.05) is 6.07 Å². The second-order valence-corrected chi connectivity index (χ2v) is 7.00. The molecule has 0 N–H and O–H groups in total. The monoisotopic (exact) mass is 415 g/mol. The number of amidine groups is 1. The molecule has 1 aromatic carbocycles. The number of pyridine rings is 1. The minimum Gasteiger partial charge on any atom is -0.497 e. The van der Waals surface area contributed by atoms with Crippen LogP contribution in [0.4, 0.5) is 5.69 Å². The molecule has 0 aliphatic carbocycles. The number of methoxy groups -OCH3 is 2. The van der Waals surface area contributed by atoms with Gasteiger partial charge in [-0.15, -0.1) is 6.58 Å². The predicted octanol–water partition coefficient (Wildman–Crippen LogP) is 4.54. The van der Waals surface area contributed by atoms with E-state index in [0.717, 1.165) is 5.56 Å². The number of carbonyl (C=O) groups is 1. The topological polar surface area (TPSA) is 64.0 Å². The number of carbonyl (C=O) groups excluding carboxylic acids is 1. The zero-order chi connectivity index (χ0) is 20.1. The van der Waals surface area contributed by atoms with Gasteiger partial charge >= 0.3 is 0 Å². The fourth-order valence-corrected chi connectivity index (χ4v) is 3.69. The SMILES string of the molecule is C=CCN1C(=O)/C(=C/c2cc(OC)ccc2OC)SC1=Nc1cccnc1Cl. The van der Waals surface area contributed by atoms with Crippen LogP contribution in [0.25, 0.3) is 6.08 Å². The Balaban J connectivity index is 2.02. The second-order valence-electron chi connectivity index (χ2n) is 5.63. The lowest BCUT2D eigenvalue weighted by molar-refractivity contribution is -0.121. The first-order chi connectivity index (χ1) is 13.6. The van der Waals surface area contributed by atoms with Crippen LogP contribution in [-0.2, 0) is 4.79 Å². The summed E-state index contributed by atoms with van der Waals surface area (Å²) in [6, 6.07) is 8.88. The van der Waals surface area contributed by atoms with Crippen LogP contribution in [0.5, 0.6) is 11.5 Å². The van der Waals surface area contributed by atoms with Crippen LogP contribution in [-0.4, -0.2) is 41.7 Å². The van der Waals surface area contributed by atoms with Gasteiger partial charge < -0.3 is 9.47 Å². The summed E-state index contributed by atoms with van der Waals surface area (Å²) in [6.45, 7) is 4.05. The molecule has 0 radical (unpaired) electrons. The van der Waals surface area contributed by atoms with E-state index in [0.29, 0.717) is 33.8 Å². The molecule has 1 aliphatic heterocycles. The molecule has 28 heavy (non-hydrogen) atoms. The highest BCUT2D eigenvalue weighted by Gasteiger charge is 2.33. The first-order valence-corrected chi connectivity index (χ1v) is 9.50. The van der Waals surface area contributed by atoms with E-state index >= 15 is 0 Å². The number of rotatable bonds is 6. The highest BCUT2D eigenvalue weighted by Crippen LogP contribution is 2.37. The molecule has 1 aliphatic rings. The van der Waals surface area contributed by atoms with Gasteiger partial charge in [-0.05, 0) is 48.2 Å². The number of thioether (sulfide) groups is 1. The van der Waals surface area contributed by atoms with E-state index < -0.39 is 0 Å². The lowest BCUT2D eigenvalue weighted by Gasteiger charge is -2.12. The van der Waals surface area contributed by atoms with Crippen molar-refractivity contribution >= 4 is 46.2 Å². The summed E-state index contributed by atoms with van der Waals surface area (Å²) in [4.78, 5) is 23.5. The maximum Gasteiger partial charge on any atom is 0.267 e. The number of aliphatic imine (C=N–C) groups is 1. The lowest BCUT2D eigenvalue weighted by atomic mass is 10.1. The number of ether oxygens (including phenoxy) is 2. The molecule has 2 aromatic rings. The van der Waals surface area contributed by atoms with Crippen molar-refractivity contribution in [3.63, 3.8) is 0 Å². The van der Waals surface area contributed by atoms with E-state index in [-0.39, 0.29) is 11.1 Å². The third kappa shape index (κ3) is 4.21. The highest BCUT2D eigenvalue weighted by atomic mass is 35.5. The summed E-state index contributed by atoms with van der Waals surface area (Å²) < 4.78 is 10.7. The molecule has 1 saturated heterocycles. The molecule has 0 spiro atoms. The molecule has 6 nitrogen and oxygen atoms in total. The first kappa shape index (κ1) is 20.0. The van der Waals surface area contributed by atoms with Crippen molar-refractivity contribution < 1.29 is 14.3 Å². The molecule has 8 heteroatoms. The van der Waals surface area contributed by atoms with Crippen molar-refractivity contribution in [2.45, 2.75) is 0 Å². The van der Waals surface area contributed by atoms with Crippen molar-refractivity contribution in [1.29, 1.82) is 0 Å². The molecule has 144 valence electrons. The van der Waals surface area contributed by atoms with Crippen molar-refractivity contribution in [1.82, 2.24) is 9.88 Å². The van der Waals surface area contributed by atoms with Crippen molar-refractivity contribution in [3.8, 4) is 11.5 Å². The first-order valence-electron chi connectivity index (χ1n) is 8.31. The van der Waals surface area contributed by atoms with Gasteiger partial charge in [-0.25, -0.2) is 9.98 Å². The average Bonchev–Trinajstić information content (AvgIpc) is 2.99. The third-order valence-electron chi connectivity index (χ3n) is 3.88. The fourth-order valence-electron chi connectivity index (χ4n) is 2.54. The zero-order valence-corrected chi connectivity index (χ0v) is 17.0. The average molecular weight is 416 g/mol. The molecule has 1 fully saturated rings. The molecule has 0 saturated carbocycles. The Labute approximate surface area is 172 Å². The van der Waals surface area contributed by atoms with Gasteiger partial charge in [0.1, 0.15) is 17.2 Å². The van der Waals surface area contributed by atoms with E-state index in [2.05, 4.69) is 16.6 Å². The van der Waals surface area contributed by atoms with E-state index in [1.54, 1.807) is 61.7 Å². The molecule has 1 amide bonds. The van der Waals surface area contributed by atoms with Gasteiger partial charge in [-0.2, -0.15) is 0 Å². The minimum atomic E-state index is -0.173. The Bertz CT molecular complexity index is 975. The minimum absolute atomic E-state index is 0.173. The number of hydrogen-bond acceptors (Lipinski definition) is 6. The van der Waals surface area contributed by atoms with E-state index in [1.165, 1.54) is 11.8 Å². The van der Waals surface area contributed by atoms with Crippen LogP contribution in [0.3, 0.4) is 0 Å². The van der Waals surface area contributed by atoms with Gasteiger partial charge in [0, 0.05) is 18.3 Å². The van der Waals surface area contributed by atoms with Crippen molar-refractivity contribution in [3.05, 3.63) is 64.8 Å². The Morgan fingerprint density at radius 1 is 1.32 bits per heavy atom. The molecule has 0 bridgehead atoms. The number of hydrogen-bond donors (Lipinski definition) is 0. The molecule has 3 rings (SSSR count). The number of halogens is 1. The predicted molar refractivity (Wildman–Crippen MR) is 113 cm³/mol. The summed E-state index contributed by atoms with van der Waals surface area (Å²) in [6.07, 6.45) is 4.99. The quantitative estimate of drug-likeness (QED) is 0.393. The number of amides is 1. The standard InChI is InChI=1S/C20H18ClN3O3S/c1-4-10-24-19(25)17(12-13-11-14(26-2)7-8-16(13)27-3)28-20(24)23-15-6-5-9-22-18(15)21/h4-9,11-12H,1,10H2,2-3H3/b17-12-,23-20?. The summed E-state index contributed by atoms with van der Waals surface area (Å²) >= 11 is 7.36. The van der Waals surface area contributed by atoms with Gasteiger partial charge in [0.15, 0.2) is 10.3 Å². The summed E-state index contributed by atoms with van der Waals surface area (Å²) in [5.41, 5.74) is 1.23. The highest BCUT2D eigenvalue weighted by molar-refractivity contribution is 8.18. The second kappa shape index (κ2) is 8.95. The molecular weight excluding hydrogens is 398 g/mol. The smallest absolute Gasteiger partial charge is 0.267 e. The fraction of sp³-hybridized carbons (Fsp3) is 0.150. The van der Waals surface area contributed by atoms with Gasteiger partial charge in [-0.3, -0.25) is 9.69 Å². The maximum atomic E-state index is 12.9.